The molecule has 3 rings (SSSR count). The number of rotatable bonds is 7. The zero-order valence-electron chi connectivity index (χ0n) is 12.7. The van der Waals surface area contributed by atoms with Gasteiger partial charge in [-0.25, -0.2) is 0 Å². The Hall–Kier alpha value is -1.11. The second-order valence-electron chi connectivity index (χ2n) is 5.46. The van der Waals surface area contributed by atoms with E-state index in [0.717, 1.165) is 28.3 Å². The smallest absolute Gasteiger partial charge is 0.206 e. The number of piperidine rings is 1. The highest BCUT2D eigenvalue weighted by Crippen LogP contribution is 2.26. The second-order valence-corrected chi connectivity index (χ2v) is 7.78. The molecule has 0 bridgehead atoms. The summed E-state index contributed by atoms with van der Waals surface area (Å²) in [6.07, 6.45) is 4.12. The first-order chi connectivity index (χ1) is 10.9. The number of nitrogens with one attached hydrogen (secondary N) is 1. The van der Waals surface area contributed by atoms with Crippen LogP contribution < -0.4 is 5.32 Å². The molecule has 0 spiro atoms. The van der Waals surface area contributed by atoms with E-state index in [1.165, 1.54) is 37.9 Å². The summed E-state index contributed by atoms with van der Waals surface area (Å²) in [6.45, 7) is 4.49. The highest BCUT2D eigenvalue weighted by molar-refractivity contribution is 8.01. The van der Waals surface area contributed by atoms with Crippen molar-refractivity contribution >= 4 is 28.2 Å². The molecule has 1 fully saturated rings. The van der Waals surface area contributed by atoms with Crippen LogP contribution in [-0.2, 0) is 6.54 Å². The van der Waals surface area contributed by atoms with Crippen LogP contribution in [0.15, 0.2) is 34.7 Å². The van der Waals surface area contributed by atoms with E-state index in [2.05, 4.69) is 44.7 Å². The monoisotopic (exact) mass is 334 g/mol. The molecule has 1 aromatic carbocycles. The number of hydrogen-bond donors (Lipinski definition) is 1. The number of nitrogens with zero attached hydrogens (tertiary/aromatic N) is 3. The summed E-state index contributed by atoms with van der Waals surface area (Å²) < 4.78 is 1.06. The van der Waals surface area contributed by atoms with Crippen LogP contribution in [0.1, 0.15) is 24.8 Å². The summed E-state index contributed by atoms with van der Waals surface area (Å²) >= 11 is 3.47. The molecule has 2 aromatic rings. The van der Waals surface area contributed by atoms with Crippen molar-refractivity contribution in [3.63, 3.8) is 0 Å². The van der Waals surface area contributed by atoms with Gasteiger partial charge in [0.1, 0.15) is 0 Å². The summed E-state index contributed by atoms with van der Waals surface area (Å²) in [7, 11) is 0. The van der Waals surface area contributed by atoms with Crippen LogP contribution in [0.4, 0.5) is 5.13 Å². The molecular formula is C16H22N4S2. The Bertz CT molecular complexity index is 552. The van der Waals surface area contributed by atoms with Gasteiger partial charge in [0, 0.05) is 18.8 Å². The van der Waals surface area contributed by atoms with Crippen LogP contribution in [0.25, 0.3) is 0 Å². The van der Waals surface area contributed by atoms with Gasteiger partial charge in [-0.15, -0.1) is 10.2 Å². The molecule has 0 atom stereocenters. The average Bonchev–Trinajstić information content (AvgIpc) is 3.03. The van der Waals surface area contributed by atoms with Crippen LogP contribution in [0.2, 0.25) is 0 Å². The van der Waals surface area contributed by atoms with Crippen molar-refractivity contribution in [3.8, 4) is 0 Å². The van der Waals surface area contributed by atoms with E-state index in [1.54, 1.807) is 11.3 Å². The number of aromatic nitrogens is 2. The SMILES string of the molecule is c1ccc(CNc2nnc(SCCN3CCCCC3)s2)cc1. The summed E-state index contributed by atoms with van der Waals surface area (Å²) in [5.41, 5.74) is 1.26. The van der Waals surface area contributed by atoms with Crippen molar-refractivity contribution < 1.29 is 0 Å². The normalized spacial score (nSPS) is 15.8. The van der Waals surface area contributed by atoms with Gasteiger partial charge in [0.05, 0.1) is 0 Å². The van der Waals surface area contributed by atoms with Crippen LogP contribution in [-0.4, -0.2) is 40.5 Å². The van der Waals surface area contributed by atoms with E-state index in [4.69, 9.17) is 0 Å². The lowest BCUT2D eigenvalue weighted by molar-refractivity contribution is 0.242. The van der Waals surface area contributed by atoms with E-state index >= 15 is 0 Å². The average molecular weight is 335 g/mol. The highest BCUT2D eigenvalue weighted by atomic mass is 32.2. The maximum absolute atomic E-state index is 4.26. The Balaban J connectivity index is 1.39. The second kappa shape index (κ2) is 8.50. The molecule has 1 aromatic heterocycles. The van der Waals surface area contributed by atoms with Gasteiger partial charge >= 0.3 is 0 Å². The maximum Gasteiger partial charge on any atom is 0.206 e. The van der Waals surface area contributed by atoms with Crippen molar-refractivity contribution in [1.82, 2.24) is 15.1 Å². The quantitative estimate of drug-likeness (QED) is 0.781. The minimum absolute atomic E-state index is 0.800. The number of anilines is 1. The van der Waals surface area contributed by atoms with Crippen molar-refractivity contribution in [2.75, 3.05) is 30.7 Å². The molecule has 0 unspecified atom stereocenters. The minimum Gasteiger partial charge on any atom is -0.356 e. The van der Waals surface area contributed by atoms with E-state index in [0.29, 0.717) is 0 Å². The predicted octanol–water partition coefficient (Wildman–Crippen LogP) is 3.73. The van der Waals surface area contributed by atoms with Crippen LogP contribution in [0, 0.1) is 0 Å². The zero-order chi connectivity index (χ0) is 15.0. The Kier molecular flexibility index (Phi) is 6.10. The van der Waals surface area contributed by atoms with Gasteiger partial charge < -0.3 is 10.2 Å². The van der Waals surface area contributed by atoms with Crippen molar-refractivity contribution in [2.45, 2.75) is 30.1 Å². The van der Waals surface area contributed by atoms with E-state index in [9.17, 15) is 0 Å². The molecule has 0 saturated carbocycles. The summed E-state index contributed by atoms with van der Waals surface area (Å²) in [4.78, 5) is 2.56. The van der Waals surface area contributed by atoms with Gasteiger partial charge in [-0.05, 0) is 31.5 Å². The molecule has 1 aliphatic heterocycles. The molecule has 22 heavy (non-hydrogen) atoms. The van der Waals surface area contributed by atoms with Gasteiger partial charge in [-0.3, -0.25) is 0 Å². The highest BCUT2D eigenvalue weighted by Gasteiger charge is 2.10. The molecular weight excluding hydrogens is 312 g/mol. The molecule has 0 aliphatic carbocycles. The molecule has 1 N–H and O–H groups in total. The van der Waals surface area contributed by atoms with Crippen molar-refractivity contribution in [2.24, 2.45) is 0 Å². The molecule has 4 nitrogen and oxygen atoms in total. The van der Waals surface area contributed by atoms with Gasteiger partial charge in [0.25, 0.3) is 0 Å². The van der Waals surface area contributed by atoms with E-state index < -0.39 is 0 Å². The lowest BCUT2D eigenvalue weighted by atomic mass is 10.1. The fraction of sp³-hybridized carbons (Fsp3) is 0.500. The van der Waals surface area contributed by atoms with Gasteiger partial charge in [0.15, 0.2) is 4.34 Å². The summed E-state index contributed by atoms with van der Waals surface area (Å²) in [5, 5.41) is 12.7. The fourth-order valence-corrected chi connectivity index (χ4v) is 4.38. The lowest BCUT2D eigenvalue weighted by Gasteiger charge is -2.25. The van der Waals surface area contributed by atoms with Gasteiger partial charge in [-0.2, -0.15) is 0 Å². The van der Waals surface area contributed by atoms with Crippen LogP contribution in [0.5, 0.6) is 0 Å². The Morgan fingerprint density at radius 3 is 2.73 bits per heavy atom. The third kappa shape index (κ3) is 4.97. The third-order valence-corrected chi connectivity index (χ3v) is 5.77. The number of thioether (sulfide) groups is 1. The Labute approximate surface area is 140 Å². The topological polar surface area (TPSA) is 41.1 Å². The largest absolute Gasteiger partial charge is 0.356 e. The first kappa shape index (κ1) is 15.8. The maximum atomic E-state index is 4.26. The van der Waals surface area contributed by atoms with Gasteiger partial charge in [0.2, 0.25) is 5.13 Å². The number of likely N-dealkylation sites (tertiary alicyclic amines) is 1. The summed E-state index contributed by atoms with van der Waals surface area (Å²) in [5.74, 6) is 1.10. The standard InChI is InChI=1S/C16H22N4S2/c1-3-7-14(8-4-1)13-17-15-18-19-16(22-15)21-12-11-20-9-5-2-6-10-20/h1,3-4,7-8H,2,5-6,9-13H2,(H,17,18). The van der Waals surface area contributed by atoms with E-state index in [-0.39, 0.29) is 0 Å². The minimum atomic E-state index is 0.800. The van der Waals surface area contributed by atoms with Crippen molar-refractivity contribution in [3.05, 3.63) is 35.9 Å². The van der Waals surface area contributed by atoms with Crippen LogP contribution >= 0.6 is 23.1 Å². The summed E-state index contributed by atoms with van der Waals surface area (Å²) in [6, 6.07) is 10.4. The fourth-order valence-electron chi connectivity index (χ4n) is 2.56. The predicted molar refractivity (Wildman–Crippen MR) is 94.7 cm³/mol. The molecule has 0 radical (unpaired) electrons. The van der Waals surface area contributed by atoms with Crippen LogP contribution in [0.3, 0.4) is 0 Å². The first-order valence-electron chi connectivity index (χ1n) is 7.86. The molecule has 2 heterocycles. The molecule has 6 heteroatoms. The third-order valence-electron chi connectivity index (χ3n) is 3.77. The number of benzene rings is 1. The Morgan fingerprint density at radius 1 is 1.09 bits per heavy atom. The Morgan fingerprint density at radius 2 is 1.91 bits per heavy atom. The van der Waals surface area contributed by atoms with E-state index in [1.807, 2.05) is 17.8 Å². The van der Waals surface area contributed by atoms with Gasteiger partial charge in [-0.1, -0.05) is 59.9 Å². The molecule has 1 saturated heterocycles. The lowest BCUT2D eigenvalue weighted by Crippen LogP contribution is -2.31. The molecule has 118 valence electrons. The molecule has 1 aliphatic rings. The molecule has 0 amide bonds. The first-order valence-corrected chi connectivity index (χ1v) is 9.67. The van der Waals surface area contributed by atoms with Crippen molar-refractivity contribution in [1.29, 1.82) is 0 Å². The zero-order valence-corrected chi connectivity index (χ0v) is 14.3. The number of hydrogen-bond acceptors (Lipinski definition) is 6.